The molecule has 1 atom stereocenters. The molecule has 7 heteroatoms. The molecule has 2 rings (SSSR count). The van der Waals surface area contributed by atoms with E-state index in [1.807, 2.05) is 25.1 Å². The molecule has 3 N–H and O–H groups in total. The quantitative estimate of drug-likeness (QED) is 0.861. The topological polar surface area (TPSA) is 75.4 Å². The minimum absolute atomic E-state index is 0.251. The molecule has 1 aromatic carbocycles. The maximum atomic E-state index is 12.4. The maximum absolute atomic E-state index is 12.4. The lowest BCUT2D eigenvalue weighted by molar-refractivity contribution is 0.273. The largest absolute Gasteiger partial charge is 0.330 e. The third-order valence-corrected chi connectivity index (χ3v) is 5.70. The average Bonchev–Trinajstić information content (AvgIpc) is 2.43. The second-order valence-corrected chi connectivity index (χ2v) is 7.72. The normalized spacial score (nSPS) is 20.9. The standard InChI is InChI=1S/C13H20BrN3O2S/c1-10-4-5-12(14)13(7-10)16-20(18,19)17-6-2-3-11(8-15)9-17/h4-5,7,11,16H,2-3,6,8-9,15H2,1H3. The van der Waals surface area contributed by atoms with Crippen LogP contribution in [0.3, 0.4) is 0 Å². The van der Waals surface area contributed by atoms with Gasteiger partial charge in [0, 0.05) is 17.6 Å². The van der Waals surface area contributed by atoms with Crippen LogP contribution in [0.4, 0.5) is 5.69 Å². The summed E-state index contributed by atoms with van der Waals surface area (Å²) in [5, 5.41) is 0. The Labute approximate surface area is 128 Å². The summed E-state index contributed by atoms with van der Waals surface area (Å²) in [5.74, 6) is 0.251. The highest BCUT2D eigenvalue weighted by Gasteiger charge is 2.28. The number of rotatable bonds is 4. The van der Waals surface area contributed by atoms with Crippen molar-refractivity contribution in [1.29, 1.82) is 0 Å². The first-order valence-corrected chi connectivity index (χ1v) is 8.90. The lowest BCUT2D eigenvalue weighted by Crippen LogP contribution is -2.44. The van der Waals surface area contributed by atoms with E-state index in [1.165, 1.54) is 4.31 Å². The van der Waals surface area contributed by atoms with Gasteiger partial charge in [0.15, 0.2) is 0 Å². The number of halogens is 1. The summed E-state index contributed by atoms with van der Waals surface area (Å²) in [6.07, 6.45) is 1.86. The first-order chi connectivity index (χ1) is 9.42. The molecular weight excluding hydrogens is 342 g/mol. The highest BCUT2D eigenvalue weighted by atomic mass is 79.9. The Hall–Kier alpha value is -0.630. The molecule has 1 saturated heterocycles. The molecule has 0 aromatic heterocycles. The molecule has 0 amide bonds. The number of aryl methyl sites for hydroxylation is 1. The third kappa shape index (κ3) is 3.72. The summed E-state index contributed by atoms with van der Waals surface area (Å²) >= 11 is 3.37. The molecule has 0 bridgehead atoms. The summed E-state index contributed by atoms with van der Waals surface area (Å²) in [5.41, 5.74) is 7.23. The summed E-state index contributed by atoms with van der Waals surface area (Å²) in [6.45, 7) is 3.50. The van der Waals surface area contributed by atoms with Gasteiger partial charge in [-0.1, -0.05) is 6.07 Å². The van der Waals surface area contributed by atoms with Crippen LogP contribution in [0.15, 0.2) is 22.7 Å². The second kappa shape index (κ2) is 6.43. The minimum atomic E-state index is -3.52. The van der Waals surface area contributed by atoms with E-state index in [0.717, 1.165) is 22.9 Å². The number of piperidine rings is 1. The van der Waals surface area contributed by atoms with Gasteiger partial charge in [-0.25, -0.2) is 0 Å². The molecule has 5 nitrogen and oxygen atoms in total. The molecule has 112 valence electrons. The Morgan fingerprint density at radius 2 is 2.25 bits per heavy atom. The summed E-state index contributed by atoms with van der Waals surface area (Å²) in [4.78, 5) is 0. The van der Waals surface area contributed by atoms with Crippen LogP contribution in [-0.4, -0.2) is 32.4 Å². The zero-order chi connectivity index (χ0) is 14.8. The van der Waals surface area contributed by atoms with Crippen molar-refractivity contribution >= 4 is 31.8 Å². The molecule has 1 fully saturated rings. The zero-order valence-corrected chi connectivity index (χ0v) is 13.9. The number of hydrogen-bond acceptors (Lipinski definition) is 3. The zero-order valence-electron chi connectivity index (χ0n) is 11.5. The molecule has 0 saturated carbocycles. The fraction of sp³-hybridized carbons (Fsp3) is 0.538. The average molecular weight is 362 g/mol. The van der Waals surface area contributed by atoms with Crippen LogP contribution in [0.2, 0.25) is 0 Å². The number of anilines is 1. The van der Waals surface area contributed by atoms with Gasteiger partial charge in [-0.3, -0.25) is 4.72 Å². The molecule has 0 aliphatic carbocycles. The van der Waals surface area contributed by atoms with E-state index in [-0.39, 0.29) is 5.92 Å². The van der Waals surface area contributed by atoms with E-state index in [1.54, 1.807) is 0 Å². The number of benzene rings is 1. The molecule has 0 spiro atoms. The molecule has 1 heterocycles. The van der Waals surface area contributed by atoms with Gasteiger partial charge >= 0.3 is 10.2 Å². The van der Waals surface area contributed by atoms with Gasteiger partial charge in [0.1, 0.15) is 0 Å². The van der Waals surface area contributed by atoms with Gasteiger partial charge in [-0.2, -0.15) is 12.7 Å². The van der Waals surface area contributed by atoms with Gasteiger partial charge in [-0.15, -0.1) is 0 Å². The van der Waals surface area contributed by atoms with Crippen molar-refractivity contribution in [2.24, 2.45) is 11.7 Å². The third-order valence-electron chi connectivity index (χ3n) is 3.52. The van der Waals surface area contributed by atoms with E-state index in [0.29, 0.717) is 25.3 Å². The van der Waals surface area contributed by atoms with Gasteiger partial charge in [0.2, 0.25) is 0 Å². The van der Waals surface area contributed by atoms with Gasteiger partial charge in [0.25, 0.3) is 0 Å². The van der Waals surface area contributed by atoms with Crippen LogP contribution in [-0.2, 0) is 10.2 Å². The van der Waals surface area contributed by atoms with E-state index in [4.69, 9.17) is 5.73 Å². The lowest BCUT2D eigenvalue weighted by Gasteiger charge is -2.31. The molecule has 1 aromatic rings. The molecule has 1 aliphatic heterocycles. The van der Waals surface area contributed by atoms with E-state index in [9.17, 15) is 8.42 Å². The first kappa shape index (κ1) is 15.8. The summed E-state index contributed by atoms with van der Waals surface area (Å²) in [7, 11) is -3.52. The maximum Gasteiger partial charge on any atom is 0.301 e. The summed E-state index contributed by atoms with van der Waals surface area (Å²) < 4.78 is 29.7. The lowest BCUT2D eigenvalue weighted by atomic mass is 10.0. The summed E-state index contributed by atoms with van der Waals surface area (Å²) in [6, 6.07) is 5.57. The van der Waals surface area contributed by atoms with Crippen molar-refractivity contribution in [3.8, 4) is 0 Å². The highest BCUT2D eigenvalue weighted by molar-refractivity contribution is 9.10. The number of nitrogens with one attached hydrogen (secondary N) is 1. The monoisotopic (exact) mass is 361 g/mol. The number of nitrogens with zero attached hydrogens (tertiary/aromatic N) is 1. The SMILES string of the molecule is Cc1ccc(Br)c(NS(=O)(=O)N2CCCC(CN)C2)c1. The molecule has 20 heavy (non-hydrogen) atoms. The molecule has 1 unspecified atom stereocenters. The second-order valence-electron chi connectivity index (χ2n) is 5.19. The van der Waals surface area contributed by atoms with Crippen LogP contribution >= 0.6 is 15.9 Å². The van der Waals surface area contributed by atoms with Crippen LogP contribution in [0, 0.1) is 12.8 Å². The van der Waals surface area contributed by atoms with Crippen molar-refractivity contribution < 1.29 is 8.42 Å². The van der Waals surface area contributed by atoms with Crippen molar-refractivity contribution in [1.82, 2.24) is 4.31 Å². The fourth-order valence-electron chi connectivity index (χ4n) is 2.36. The van der Waals surface area contributed by atoms with Crippen molar-refractivity contribution in [3.05, 3.63) is 28.2 Å². The van der Waals surface area contributed by atoms with E-state index in [2.05, 4.69) is 20.7 Å². The van der Waals surface area contributed by atoms with Crippen molar-refractivity contribution in [3.63, 3.8) is 0 Å². The Kier molecular flexibility index (Phi) is 5.06. The molecule has 0 radical (unpaired) electrons. The first-order valence-electron chi connectivity index (χ1n) is 6.66. The van der Waals surface area contributed by atoms with Crippen LogP contribution in [0.5, 0.6) is 0 Å². The van der Waals surface area contributed by atoms with Gasteiger partial charge in [0.05, 0.1) is 5.69 Å². The van der Waals surface area contributed by atoms with E-state index < -0.39 is 10.2 Å². The Morgan fingerprint density at radius 3 is 2.95 bits per heavy atom. The van der Waals surface area contributed by atoms with Crippen molar-refractivity contribution in [2.45, 2.75) is 19.8 Å². The van der Waals surface area contributed by atoms with Crippen LogP contribution in [0.1, 0.15) is 18.4 Å². The molecule has 1 aliphatic rings. The fourth-order valence-corrected chi connectivity index (χ4v) is 4.19. The minimum Gasteiger partial charge on any atom is -0.330 e. The van der Waals surface area contributed by atoms with E-state index >= 15 is 0 Å². The smallest absolute Gasteiger partial charge is 0.301 e. The molecular formula is C13H20BrN3O2S. The highest BCUT2D eigenvalue weighted by Crippen LogP contribution is 2.26. The van der Waals surface area contributed by atoms with Crippen LogP contribution in [0.25, 0.3) is 0 Å². The predicted octanol–water partition coefficient (Wildman–Crippen LogP) is 2.08. The van der Waals surface area contributed by atoms with Crippen molar-refractivity contribution in [2.75, 3.05) is 24.4 Å². The van der Waals surface area contributed by atoms with Crippen LogP contribution < -0.4 is 10.5 Å². The Morgan fingerprint density at radius 1 is 1.50 bits per heavy atom. The predicted molar refractivity (Wildman–Crippen MR) is 84.8 cm³/mol. The Bertz CT molecular complexity index is 577. The van der Waals surface area contributed by atoms with Gasteiger partial charge < -0.3 is 5.73 Å². The Balaban J connectivity index is 2.16. The number of hydrogen-bond donors (Lipinski definition) is 2. The van der Waals surface area contributed by atoms with Gasteiger partial charge in [-0.05, 0) is 65.9 Å². The number of nitrogens with two attached hydrogens (primary N) is 1.